The van der Waals surface area contributed by atoms with Crippen LogP contribution in [0.3, 0.4) is 0 Å². The summed E-state index contributed by atoms with van der Waals surface area (Å²) in [5.74, 6) is 0.718. The lowest BCUT2D eigenvalue weighted by molar-refractivity contribution is -0.135. The third kappa shape index (κ3) is 5.56. The van der Waals surface area contributed by atoms with E-state index in [-0.39, 0.29) is 11.8 Å². The standard InChI is InChI=1S/C21H33N3O2/c1-15(2)12-19(23-20(25)18-10-6-5-8-16(18)3)21(26)24-11-7-9-17(14-24)13-22-4/h5-6,8,10,15,17,19,22H,7,9,11-14H2,1-4H3,(H,23,25). The zero-order valence-electron chi connectivity index (χ0n) is 16.5. The largest absolute Gasteiger partial charge is 0.341 e. The summed E-state index contributed by atoms with van der Waals surface area (Å²) < 4.78 is 0. The van der Waals surface area contributed by atoms with E-state index in [0.717, 1.165) is 38.0 Å². The molecular weight excluding hydrogens is 326 g/mol. The van der Waals surface area contributed by atoms with Crippen LogP contribution < -0.4 is 10.6 Å². The topological polar surface area (TPSA) is 61.4 Å². The fraction of sp³-hybridized carbons (Fsp3) is 0.619. The number of amides is 2. The van der Waals surface area contributed by atoms with Crippen molar-refractivity contribution in [1.82, 2.24) is 15.5 Å². The molecule has 1 aromatic carbocycles. The Morgan fingerprint density at radius 3 is 2.65 bits per heavy atom. The number of benzene rings is 1. The van der Waals surface area contributed by atoms with E-state index in [1.807, 2.05) is 43.1 Å². The van der Waals surface area contributed by atoms with Crippen molar-refractivity contribution in [2.24, 2.45) is 11.8 Å². The molecule has 1 saturated heterocycles. The molecule has 0 bridgehead atoms. The summed E-state index contributed by atoms with van der Waals surface area (Å²) >= 11 is 0. The van der Waals surface area contributed by atoms with Gasteiger partial charge in [0.1, 0.15) is 6.04 Å². The first-order valence-corrected chi connectivity index (χ1v) is 9.72. The summed E-state index contributed by atoms with van der Waals surface area (Å²) in [6, 6.07) is 7.04. The first-order chi connectivity index (χ1) is 12.4. The van der Waals surface area contributed by atoms with Crippen LogP contribution in [0.5, 0.6) is 0 Å². The summed E-state index contributed by atoms with van der Waals surface area (Å²) in [6.45, 7) is 8.57. The number of hydrogen-bond donors (Lipinski definition) is 2. The SMILES string of the molecule is CNCC1CCCN(C(=O)C(CC(C)C)NC(=O)c2ccccc2C)C1. The monoisotopic (exact) mass is 359 g/mol. The molecule has 0 aromatic heterocycles. The highest BCUT2D eigenvalue weighted by Gasteiger charge is 2.30. The maximum Gasteiger partial charge on any atom is 0.252 e. The smallest absolute Gasteiger partial charge is 0.252 e. The van der Waals surface area contributed by atoms with Gasteiger partial charge < -0.3 is 15.5 Å². The van der Waals surface area contributed by atoms with Crippen LogP contribution in [0.1, 0.15) is 49.0 Å². The zero-order chi connectivity index (χ0) is 19.1. The van der Waals surface area contributed by atoms with Gasteiger partial charge in [-0.25, -0.2) is 0 Å². The Labute approximate surface area is 157 Å². The van der Waals surface area contributed by atoms with E-state index in [2.05, 4.69) is 24.5 Å². The second-order valence-electron chi connectivity index (χ2n) is 7.82. The lowest BCUT2D eigenvalue weighted by Gasteiger charge is -2.35. The summed E-state index contributed by atoms with van der Waals surface area (Å²) in [7, 11) is 1.95. The van der Waals surface area contributed by atoms with Gasteiger partial charge >= 0.3 is 0 Å². The molecule has 144 valence electrons. The van der Waals surface area contributed by atoms with Crippen LogP contribution in [0.4, 0.5) is 0 Å². The second-order valence-corrected chi connectivity index (χ2v) is 7.82. The molecule has 0 aliphatic carbocycles. The number of carbonyl (C=O) groups excluding carboxylic acids is 2. The van der Waals surface area contributed by atoms with Crippen molar-refractivity contribution in [1.29, 1.82) is 0 Å². The molecule has 2 amide bonds. The summed E-state index contributed by atoms with van der Waals surface area (Å²) in [5.41, 5.74) is 1.56. The first-order valence-electron chi connectivity index (χ1n) is 9.72. The van der Waals surface area contributed by atoms with Gasteiger partial charge in [-0.3, -0.25) is 9.59 Å². The van der Waals surface area contributed by atoms with Crippen molar-refractivity contribution in [3.05, 3.63) is 35.4 Å². The van der Waals surface area contributed by atoms with Crippen LogP contribution in [0.15, 0.2) is 24.3 Å². The lowest BCUT2D eigenvalue weighted by Crippen LogP contribution is -2.52. The summed E-state index contributed by atoms with van der Waals surface area (Å²) in [5, 5.41) is 6.21. The molecule has 1 aromatic rings. The maximum atomic E-state index is 13.1. The summed E-state index contributed by atoms with van der Waals surface area (Å²) in [6.07, 6.45) is 2.83. The van der Waals surface area contributed by atoms with E-state index in [9.17, 15) is 9.59 Å². The molecule has 2 rings (SSSR count). The molecule has 2 N–H and O–H groups in total. The van der Waals surface area contributed by atoms with Gasteiger partial charge in [0.2, 0.25) is 5.91 Å². The Hall–Kier alpha value is -1.88. The third-order valence-corrected chi connectivity index (χ3v) is 5.02. The zero-order valence-corrected chi connectivity index (χ0v) is 16.5. The van der Waals surface area contributed by atoms with Crippen molar-refractivity contribution in [2.75, 3.05) is 26.7 Å². The van der Waals surface area contributed by atoms with Gasteiger partial charge in [0, 0.05) is 18.7 Å². The van der Waals surface area contributed by atoms with E-state index in [1.54, 1.807) is 0 Å². The highest BCUT2D eigenvalue weighted by molar-refractivity contribution is 5.98. The molecule has 0 radical (unpaired) electrons. The van der Waals surface area contributed by atoms with Crippen molar-refractivity contribution in [3.63, 3.8) is 0 Å². The highest BCUT2D eigenvalue weighted by atomic mass is 16.2. The Bertz CT molecular complexity index is 613. The Morgan fingerprint density at radius 2 is 2.00 bits per heavy atom. The minimum atomic E-state index is -0.463. The van der Waals surface area contributed by atoms with E-state index >= 15 is 0 Å². The summed E-state index contributed by atoms with van der Waals surface area (Å²) in [4.78, 5) is 27.8. The molecule has 0 saturated carbocycles. The Kier molecular flexibility index (Phi) is 7.64. The molecule has 1 aliphatic heterocycles. The third-order valence-electron chi connectivity index (χ3n) is 5.02. The van der Waals surface area contributed by atoms with E-state index < -0.39 is 6.04 Å². The van der Waals surface area contributed by atoms with Gasteiger partial charge in [-0.2, -0.15) is 0 Å². The quantitative estimate of drug-likeness (QED) is 0.787. The number of nitrogens with one attached hydrogen (secondary N) is 2. The molecule has 2 atom stereocenters. The van der Waals surface area contributed by atoms with Crippen LogP contribution in [-0.4, -0.2) is 49.4 Å². The lowest BCUT2D eigenvalue weighted by atomic mass is 9.95. The van der Waals surface area contributed by atoms with Gasteiger partial charge in [0.05, 0.1) is 0 Å². The number of piperidine rings is 1. The van der Waals surface area contributed by atoms with E-state index in [0.29, 0.717) is 23.8 Å². The van der Waals surface area contributed by atoms with Gasteiger partial charge in [0.25, 0.3) is 5.91 Å². The van der Waals surface area contributed by atoms with Gasteiger partial charge in [0.15, 0.2) is 0 Å². The van der Waals surface area contributed by atoms with Crippen molar-refractivity contribution in [3.8, 4) is 0 Å². The maximum absolute atomic E-state index is 13.1. The fourth-order valence-corrected chi connectivity index (χ4v) is 3.70. The molecule has 5 heteroatoms. The highest BCUT2D eigenvalue weighted by Crippen LogP contribution is 2.19. The van der Waals surface area contributed by atoms with Gasteiger partial charge in [-0.05, 0) is 63.2 Å². The number of hydrogen-bond acceptors (Lipinski definition) is 3. The second kappa shape index (κ2) is 9.72. The molecular formula is C21H33N3O2. The molecule has 2 unspecified atom stereocenters. The van der Waals surface area contributed by atoms with Crippen molar-refractivity contribution >= 4 is 11.8 Å². The minimum Gasteiger partial charge on any atom is -0.341 e. The van der Waals surface area contributed by atoms with Gasteiger partial charge in [-0.15, -0.1) is 0 Å². The first kappa shape index (κ1) is 20.4. The van der Waals surface area contributed by atoms with E-state index in [1.165, 1.54) is 0 Å². The molecule has 1 heterocycles. The van der Waals surface area contributed by atoms with Gasteiger partial charge in [-0.1, -0.05) is 32.0 Å². The normalized spacial score (nSPS) is 18.7. The predicted molar refractivity (Wildman–Crippen MR) is 105 cm³/mol. The molecule has 1 aliphatic rings. The Morgan fingerprint density at radius 1 is 1.27 bits per heavy atom. The van der Waals surface area contributed by atoms with Crippen LogP contribution in [0.2, 0.25) is 0 Å². The van der Waals surface area contributed by atoms with Crippen LogP contribution in [0.25, 0.3) is 0 Å². The molecule has 5 nitrogen and oxygen atoms in total. The average molecular weight is 360 g/mol. The fourth-order valence-electron chi connectivity index (χ4n) is 3.70. The van der Waals surface area contributed by atoms with Crippen LogP contribution >= 0.6 is 0 Å². The minimum absolute atomic E-state index is 0.0569. The van der Waals surface area contributed by atoms with Crippen LogP contribution in [-0.2, 0) is 4.79 Å². The molecule has 0 spiro atoms. The Balaban J connectivity index is 2.09. The van der Waals surface area contributed by atoms with E-state index in [4.69, 9.17) is 0 Å². The average Bonchev–Trinajstić information content (AvgIpc) is 2.61. The number of nitrogens with zero attached hydrogens (tertiary/aromatic N) is 1. The number of aryl methyl sites for hydroxylation is 1. The number of rotatable bonds is 7. The number of carbonyl (C=O) groups is 2. The number of likely N-dealkylation sites (tertiary alicyclic amines) is 1. The van der Waals surface area contributed by atoms with Crippen molar-refractivity contribution < 1.29 is 9.59 Å². The van der Waals surface area contributed by atoms with Crippen LogP contribution in [0, 0.1) is 18.8 Å². The van der Waals surface area contributed by atoms with Crippen molar-refractivity contribution in [2.45, 2.75) is 46.1 Å². The molecule has 26 heavy (non-hydrogen) atoms. The predicted octanol–water partition coefficient (Wildman–Crippen LogP) is 2.60. The molecule has 1 fully saturated rings.